The first-order valence-electron chi connectivity index (χ1n) is 4.59. The molecule has 0 bridgehead atoms. The maximum Gasteiger partial charge on any atom is 0.321 e. The molecule has 6 nitrogen and oxygen atoms in total. The quantitative estimate of drug-likeness (QED) is 0.366. The van der Waals surface area contributed by atoms with E-state index in [4.69, 9.17) is 10.2 Å². The third-order valence-corrected chi connectivity index (χ3v) is 2.25. The van der Waals surface area contributed by atoms with Gasteiger partial charge in [0.1, 0.15) is 11.8 Å². The molecule has 0 aromatic heterocycles. The summed E-state index contributed by atoms with van der Waals surface area (Å²) in [7, 11) is 1.48. The van der Waals surface area contributed by atoms with E-state index in [1.54, 1.807) is 0 Å². The van der Waals surface area contributed by atoms with Crippen LogP contribution in [0.1, 0.15) is 5.56 Å². The number of hydrogen-bond acceptors (Lipinski definition) is 5. The number of aromatic hydroxyl groups is 3. The normalized spacial score (nSPS) is 12.3. The van der Waals surface area contributed by atoms with Crippen LogP contribution in [0.2, 0.25) is 0 Å². The van der Waals surface area contributed by atoms with E-state index in [-0.39, 0.29) is 17.7 Å². The average Bonchev–Trinajstić information content (AvgIpc) is 2.21. The van der Waals surface area contributed by atoms with Crippen molar-refractivity contribution in [3.05, 3.63) is 17.7 Å². The van der Waals surface area contributed by atoms with Gasteiger partial charge in [0.2, 0.25) is 0 Å². The molecule has 88 valence electrons. The molecule has 1 aromatic carbocycles. The lowest BCUT2D eigenvalue weighted by Crippen LogP contribution is -2.35. The predicted molar refractivity (Wildman–Crippen MR) is 55.6 cm³/mol. The standard InChI is InChI=1S/C10H13NO5/c1-11-6(10(15)16)2-5-3-8(13)9(14)4-7(5)12/h3-4,6,11-14H,2H2,1H3,(H,15,16)/t6-/m0/s1. The number of carboxylic acids is 1. The van der Waals surface area contributed by atoms with E-state index in [1.807, 2.05) is 0 Å². The highest BCUT2D eigenvalue weighted by Crippen LogP contribution is 2.32. The molecule has 5 N–H and O–H groups in total. The predicted octanol–water partition coefficient (Wildman–Crippen LogP) is 0.0185. The second-order valence-electron chi connectivity index (χ2n) is 3.35. The van der Waals surface area contributed by atoms with Crippen LogP contribution in [0.25, 0.3) is 0 Å². The van der Waals surface area contributed by atoms with Crippen LogP contribution in [0, 0.1) is 0 Å². The smallest absolute Gasteiger partial charge is 0.321 e. The summed E-state index contributed by atoms with van der Waals surface area (Å²) in [5, 5.41) is 39.1. The average molecular weight is 227 g/mol. The van der Waals surface area contributed by atoms with Gasteiger partial charge in [-0.2, -0.15) is 0 Å². The lowest BCUT2D eigenvalue weighted by Gasteiger charge is -2.12. The second-order valence-corrected chi connectivity index (χ2v) is 3.35. The van der Waals surface area contributed by atoms with Crippen LogP contribution in [-0.4, -0.2) is 39.5 Å². The van der Waals surface area contributed by atoms with Crippen molar-refractivity contribution in [2.75, 3.05) is 7.05 Å². The summed E-state index contributed by atoms with van der Waals surface area (Å²) >= 11 is 0. The van der Waals surface area contributed by atoms with Crippen molar-refractivity contribution in [1.82, 2.24) is 5.32 Å². The van der Waals surface area contributed by atoms with Crippen LogP contribution in [0.4, 0.5) is 0 Å². The fraction of sp³-hybridized carbons (Fsp3) is 0.300. The number of benzene rings is 1. The van der Waals surface area contributed by atoms with Crippen molar-refractivity contribution in [1.29, 1.82) is 0 Å². The first kappa shape index (κ1) is 12.1. The van der Waals surface area contributed by atoms with Gasteiger partial charge in [0.15, 0.2) is 11.5 Å². The number of carboxylic acid groups (broad SMARTS) is 1. The van der Waals surface area contributed by atoms with E-state index >= 15 is 0 Å². The molecular weight excluding hydrogens is 214 g/mol. The number of aliphatic carboxylic acids is 1. The van der Waals surface area contributed by atoms with Gasteiger partial charge in [0.25, 0.3) is 0 Å². The third kappa shape index (κ3) is 2.54. The SMILES string of the molecule is CN[C@@H](Cc1cc(O)c(O)cc1O)C(=O)O. The topological polar surface area (TPSA) is 110 Å². The Morgan fingerprint density at radius 2 is 1.81 bits per heavy atom. The Hall–Kier alpha value is -1.95. The zero-order valence-corrected chi connectivity index (χ0v) is 8.64. The van der Waals surface area contributed by atoms with Gasteiger partial charge < -0.3 is 25.7 Å². The number of rotatable bonds is 4. The van der Waals surface area contributed by atoms with Crippen molar-refractivity contribution >= 4 is 5.97 Å². The maximum absolute atomic E-state index is 10.7. The number of phenolic OH excluding ortho intramolecular Hbond substituents is 3. The lowest BCUT2D eigenvalue weighted by atomic mass is 10.0. The molecule has 6 heteroatoms. The highest BCUT2D eigenvalue weighted by Gasteiger charge is 2.18. The first-order chi connectivity index (χ1) is 7.45. The molecule has 0 unspecified atom stereocenters. The largest absolute Gasteiger partial charge is 0.508 e. The van der Waals surface area contributed by atoms with Crippen molar-refractivity contribution in [2.45, 2.75) is 12.5 Å². The van der Waals surface area contributed by atoms with Gasteiger partial charge in [-0.25, -0.2) is 0 Å². The zero-order chi connectivity index (χ0) is 12.3. The van der Waals surface area contributed by atoms with Crippen LogP contribution in [0.5, 0.6) is 17.2 Å². The molecule has 0 fully saturated rings. The van der Waals surface area contributed by atoms with Crippen molar-refractivity contribution < 1.29 is 25.2 Å². The summed E-state index contributed by atoms with van der Waals surface area (Å²) in [6, 6.07) is 1.24. The molecule has 1 rings (SSSR count). The van der Waals surface area contributed by atoms with E-state index in [0.717, 1.165) is 12.1 Å². The number of carbonyl (C=O) groups is 1. The molecule has 0 radical (unpaired) electrons. The maximum atomic E-state index is 10.7. The summed E-state index contributed by atoms with van der Waals surface area (Å²) < 4.78 is 0. The minimum atomic E-state index is -1.06. The Morgan fingerprint density at radius 3 is 2.31 bits per heavy atom. The van der Waals surface area contributed by atoms with Crippen LogP contribution < -0.4 is 5.32 Å². The molecule has 0 aliphatic carbocycles. The number of likely N-dealkylation sites (N-methyl/N-ethyl adjacent to an activating group) is 1. The Bertz CT molecular complexity index is 404. The Labute approximate surface area is 91.8 Å². The molecular formula is C10H13NO5. The van der Waals surface area contributed by atoms with Crippen LogP contribution in [0.3, 0.4) is 0 Å². The van der Waals surface area contributed by atoms with Crippen LogP contribution in [0.15, 0.2) is 12.1 Å². The molecule has 0 aliphatic heterocycles. The van der Waals surface area contributed by atoms with Gasteiger partial charge >= 0.3 is 5.97 Å². The Kier molecular flexibility index (Phi) is 3.57. The zero-order valence-electron chi connectivity index (χ0n) is 8.64. The van der Waals surface area contributed by atoms with Crippen LogP contribution in [-0.2, 0) is 11.2 Å². The molecule has 0 heterocycles. The highest BCUT2D eigenvalue weighted by atomic mass is 16.4. The number of phenols is 3. The van der Waals surface area contributed by atoms with Crippen LogP contribution >= 0.6 is 0 Å². The molecule has 0 saturated heterocycles. The molecule has 0 spiro atoms. The van der Waals surface area contributed by atoms with E-state index < -0.39 is 23.5 Å². The minimum Gasteiger partial charge on any atom is -0.508 e. The molecule has 0 amide bonds. The van der Waals surface area contributed by atoms with Gasteiger partial charge in [0, 0.05) is 12.5 Å². The van der Waals surface area contributed by atoms with Gasteiger partial charge in [0.05, 0.1) is 0 Å². The van der Waals surface area contributed by atoms with Gasteiger partial charge in [-0.05, 0) is 18.7 Å². The summed E-state index contributed by atoms with van der Waals surface area (Å²) in [4.78, 5) is 10.7. The summed E-state index contributed by atoms with van der Waals surface area (Å²) in [5.41, 5.74) is 0.247. The van der Waals surface area contributed by atoms with Gasteiger partial charge in [-0.1, -0.05) is 0 Å². The third-order valence-electron chi connectivity index (χ3n) is 2.25. The van der Waals surface area contributed by atoms with Gasteiger partial charge in [-0.3, -0.25) is 4.79 Å². The first-order valence-corrected chi connectivity index (χ1v) is 4.59. The number of hydrogen-bond donors (Lipinski definition) is 5. The van der Waals surface area contributed by atoms with E-state index in [1.165, 1.54) is 7.05 Å². The Balaban J connectivity index is 2.96. The summed E-state index contributed by atoms with van der Waals surface area (Å²) in [6.45, 7) is 0. The molecule has 0 saturated carbocycles. The molecule has 1 atom stereocenters. The van der Waals surface area contributed by atoms with E-state index in [2.05, 4.69) is 5.32 Å². The fourth-order valence-corrected chi connectivity index (χ4v) is 1.31. The van der Waals surface area contributed by atoms with E-state index in [9.17, 15) is 15.0 Å². The fourth-order valence-electron chi connectivity index (χ4n) is 1.31. The van der Waals surface area contributed by atoms with Gasteiger partial charge in [-0.15, -0.1) is 0 Å². The monoisotopic (exact) mass is 227 g/mol. The van der Waals surface area contributed by atoms with E-state index in [0.29, 0.717) is 0 Å². The van der Waals surface area contributed by atoms with Crippen molar-refractivity contribution in [3.63, 3.8) is 0 Å². The summed E-state index contributed by atoms with van der Waals surface area (Å²) in [6.07, 6.45) is 0.00546. The molecule has 16 heavy (non-hydrogen) atoms. The molecule has 1 aromatic rings. The minimum absolute atomic E-state index is 0.00546. The number of nitrogens with one attached hydrogen (secondary N) is 1. The summed E-state index contributed by atoms with van der Waals surface area (Å²) in [5.74, 6) is -2.16. The highest BCUT2D eigenvalue weighted by molar-refractivity contribution is 5.74. The Morgan fingerprint density at radius 1 is 1.25 bits per heavy atom. The lowest BCUT2D eigenvalue weighted by molar-refractivity contribution is -0.139. The van der Waals surface area contributed by atoms with Crippen molar-refractivity contribution in [2.24, 2.45) is 0 Å². The van der Waals surface area contributed by atoms with Crippen molar-refractivity contribution in [3.8, 4) is 17.2 Å². The second kappa shape index (κ2) is 4.71. The molecule has 0 aliphatic rings.